The highest BCUT2D eigenvalue weighted by molar-refractivity contribution is 5.90. The summed E-state index contributed by atoms with van der Waals surface area (Å²) in [6.45, 7) is 0. The molecular weight excluding hydrogens is 246 g/mol. The van der Waals surface area contributed by atoms with Crippen molar-refractivity contribution in [1.82, 2.24) is 14.8 Å². The molecule has 6 nitrogen and oxygen atoms in total. The van der Waals surface area contributed by atoms with E-state index in [9.17, 15) is 9.90 Å². The number of aromatic nitrogens is 3. The molecule has 0 saturated carbocycles. The van der Waals surface area contributed by atoms with E-state index in [0.717, 1.165) is 10.8 Å². The Hall–Kier alpha value is -2.89. The number of carbonyl (C=O) groups is 1. The minimum atomic E-state index is -1.27. The summed E-state index contributed by atoms with van der Waals surface area (Å²) >= 11 is 0. The molecule has 2 aromatic heterocycles. The lowest BCUT2D eigenvalue weighted by Gasteiger charge is -2.05. The first-order chi connectivity index (χ1) is 9.16. The van der Waals surface area contributed by atoms with Crippen molar-refractivity contribution in [1.29, 1.82) is 0 Å². The number of benzene rings is 1. The van der Waals surface area contributed by atoms with Crippen molar-refractivity contribution >= 4 is 16.7 Å². The van der Waals surface area contributed by atoms with Gasteiger partial charge < -0.3 is 10.2 Å². The average molecular weight is 255 g/mol. The van der Waals surface area contributed by atoms with Crippen LogP contribution in [0.15, 0.2) is 42.9 Å². The first-order valence-electron chi connectivity index (χ1n) is 5.52. The van der Waals surface area contributed by atoms with Crippen LogP contribution in [0.4, 0.5) is 0 Å². The topological polar surface area (TPSA) is 88.2 Å². The normalized spacial score (nSPS) is 10.7. The van der Waals surface area contributed by atoms with Crippen LogP contribution in [0.25, 0.3) is 16.5 Å². The number of rotatable bonds is 2. The Morgan fingerprint density at radius 2 is 2.11 bits per heavy atom. The van der Waals surface area contributed by atoms with Gasteiger partial charge in [-0.3, -0.25) is 4.98 Å². The number of aromatic hydroxyl groups is 1. The largest absolute Gasteiger partial charge is 0.504 e. The monoisotopic (exact) mass is 255 g/mol. The standard InChI is InChI=1S/C13H9N3O3/c17-11-7-16(15-12(11)13(18)19)10-3-1-2-8-4-5-14-6-9(8)10/h1-7,17H,(H,18,19). The van der Waals surface area contributed by atoms with Crippen molar-refractivity contribution in [2.24, 2.45) is 0 Å². The number of nitrogens with zero attached hydrogens (tertiary/aromatic N) is 3. The van der Waals surface area contributed by atoms with Crippen LogP contribution in [-0.2, 0) is 0 Å². The Kier molecular flexibility index (Phi) is 2.42. The molecule has 19 heavy (non-hydrogen) atoms. The van der Waals surface area contributed by atoms with Gasteiger partial charge in [0.1, 0.15) is 0 Å². The number of fused-ring (bicyclic) bond motifs is 1. The van der Waals surface area contributed by atoms with Gasteiger partial charge in [-0.15, -0.1) is 0 Å². The Morgan fingerprint density at radius 3 is 2.84 bits per heavy atom. The third kappa shape index (κ3) is 1.79. The Bertz CT molecular complexity index is 774. The molecule has 0 aliphatic rings. The van der Waals surface area contributed by atoms with Crippen molar-refractivity contribution in [2.45, 2.75) is 0 Å². The molecule has 0 aliphatic carbocycles. The lowest BCUT2D eigenvalue weighted by Crippen LogP contribution is -2.01. The zero-order valence-corrected chi connectivity index (χ0v) is 9.69. The van der Waals surface area contributed by atoms with Crippen LogP contribution < -0.4 is 0 Å². The number of hydrogen-bond donors (Lipinski definition) is 2. The number of pyridine rings is 1. The number of hydrogen-bond acceptors (Lipinski definition) is 4. The fraction of sp³-hybridized carbons (Fsp3) is 0. The first kappa shape index (κ1) is 11.2. The lowest BCUT2D eigenvalue weighted by atomic mass is 10.1. The Labute approximate surface area is 107 Å². The molecule has 0 unspecified atom stereocenters. The third-order valence-electron chi connectivity index (χ3n) is 2.80. The van der Waals surface area contributed by atoms with E-state index in [1.165, 1.54) is 10.9 Å². The molecule has 94 valence electrons. The maximum atomic E-state index is 10.9. The second-order valence-corrected chi connectivity index (χ2v) is 3.99. The molecule has 0 spiro atoms. The second-order valence-electron chi connectivity index (χ2n) is 3.99. The van der Waals surface area contributed by atoms with E-state index in [2.05, 4.69) is 10.1 Å². The molecule has 2 heterocycles. The van der Waals surface area contributed by atoms with Crippen LogP contribution in [0.3, 0.4) is 0 Å². The molecule has 3 rings (SSSR count). The van der Waals surface area contributed by atoms with Gasteiger partial charge >= 0.3 is 5.97 Å². The molecule has 0 amide bonds. The van der Waals surface area contributed by atoms with Crippen LogP contribution in [-0.4, -0.2) is 30.9 Å². The van der Waals surface area contributed by atoms with Gasteiger partial charge in [0.25, 0.3) is 0 Å². The molecule has 0 aliphatic heterocycles. The number of carboxylic acid groups (broad SMARTS) is 1. The van der Waals surface area contributed by atoms with Crippen molar-refractivity contribution in [3.63, 3.8) is 0 Å². The predicted molar refractivity (Wildman–Crippen MR) is 67.5 cm³/mol. The molecular formula is C13H9N3O3. The van der Waals surface area contributed by atoms with Gasteiger partial charge in [0, 0.05) is 17.8 Å². The van der Waals surface area contributed by atoms with Gasteiger partial charge in [0.15, 0.2) is 5.75 Å². The quantitative estimate of drug-likeness (QED) is 0.729. The zero-order chi connectivity index (χ0) is 13.4. The summed E-state index contributed by atoms with van der Waals surface area (Å²) in [5, 5.41) is 24.1. The summed E-state index contributed by atoms with van der Waals surface area (Å²) in [5.74, 6) is -1.64. The second kappa shape index (κ2) is 4.09. The highest BCUT2D eigenvalue weighted by Gasteiger charge is 2.16. The number of carboxylic acids is 1. The van der Waals surface area contributed by atoms with Crippen LogP contribution in [0.2, 0.25) is 0 Å². The van der Waals surface area contributed by atoms with Crippen LogP contribution in [0.5, 0.6) is 5.75 Å². The first-order valence-corrected chi connectivity index (χ1v) is 5.52. The van der Waals surface area contributed by atoms with Crippen LogP contribution in [0.1, 0.15) is 10.5 Å². The van der Waals surface area contributed by atoms with E-state index in [1.54, 1.807) is 18.5 Å². The summed E-state index contributed by atoms with van der Waals surface area (Å²) in [5.41, 5.74) is 0.286. The van der Waals surface area contributed by atoms with Gasteiger partial charge in [-0.25, -0.2) is 9.48 Å². The fourth-order valence-electron chi connectivity index (χ4n) is 1.94. The molecule has 0 saturated heterocycles. The van der Waals surface area contributed by atoms with E-state index in [4.69, 9.17) is 5.11 Å². The molecule has 0 fully saturated rings. The van der Waals surface area contributed by atoms with Crippen LogP contribution in [0, 0.1) is 0 Å². The minimum Gasteiger partial charge on any atom is -0.504 e. The van der Waals surface area contributed by atoms with Gasteiger partial charge in [-0.1, -0.05) is 12.1 Å². The lowest BCUT2D eigenvalue weighted by molar-refractivity contribution is 0.0687. The Balaban J connectivity index is 2.25. The highest BCUT2D eigenvalue weighted by atomic mass is 16.4. The summed E-state index contributed by atoms with van der Waals surface area (Å²) in [6, 6.07) is 7.38. The maximum Gasteiger partial charge on any atom is 0.360 e. The van der Waals surface area contributed by atoms with Gasteiger partial charge in [0.2, 0.25) is 5.69 Å². The average Bonchev–Trinajstić information content (AvgIpc) is 2.80. The predicted octanol–water partition coefficient (Wildman–Crippen LogP) is 1.82. The maximum absolute atomic E-state index is 10.9. The summed E-state index contributed by atoms with van der Waals surface area (Å²) in [7, 11) is 0. The molecule has 0 bridgehead atoms. The molecule has 0 atom stereocenters. The molecule has 1 aromatic carbocycles. The summed E-state index contributed by atoms with van der Waals surface area (Å²) < 4.78 is 1.34. The van der Waals surface area contributed by atoms with E-state index < -0.39 is 5.97 Å². The van der Waals surface area contributed by atoms with Crippen molar-refractivity contribution in [3.8, 4) is 11.4 Å². The fourth-order valence-corrected chi connectivity index (χ4v) is 1.94. The number of aromatic carboxylic acids is 1. The van der Waals surface area contributed by atoms with Crippen molar-refractivity contribution < 1.29 is 15.0 Å². The molecule has 0 radical (unpaired) electrons. The van der Waals surface area contributed by atoms with E-state index in [1.807, 2.05) is 18.2 Å². The zero-order valence-electron chi connectivity index (χ0n) is 9.69. The van der Waals surface area contributed by atoms with Crippen LogP contribution >= 0.6 is 0 Å². The van der Waals surface area contributed by atoms with Gasteiger partial charge in [-0.2, -0.15) is 5.10 Å². The minimum absolute atomic E-state index is 0.367. The molecule has 6 heteroatoms. The molecule has 2 N–H and O–H groups in total. The SMILES string of the molecule is O=C(O)c1nn(-c2cccc3ccncc23)cc1O. The van der Waals surface area contributed by atoms with Gasteiger partial charge in [0.05, 0.1) is 11.9 Å². The van der Waals surface area contributed by atoms with Crippen molar-refractivity contribution in [3.05, 3.63) is 48.5 Å². The van der Waals surface area contributed by atoms with E-state index >= 15 is 0 Å². The summed E-state index contributed by atoms with van der Waals surface area (Å²) in [6.07, 6.45) is 4.62. The smallest absolute Gasteiger partial charge is 0.360 e. The third-order valence-corrected chi connectivity index (χ3v) is 2.80. The van der Waals surface area contributed by atoms with Crippen molar-refractivity contribution in [2.75, 3.05) is 0 Å². The van der Waals surface area contributed by atoms with Gasteiger partial charge in [-0.05, 0) is 17.5 Å². The molecule has 3 aromatic rings. The van der Waals surface area contributed by atoms with E-state index in [-0.39, 0.29) is 11.4 Å². The van der Waals surface area contributed by atoms with E-state index in [0.29, 0.717) is 5.69 Å². The summed E-state index contributed by atoms with van der Waals surface area (Å²) in [4.78, 5) is 14.9. The highest BCUT2D eigenvalue weighted by Crippen LogP contribution is 2.24. The Morgan fingerprint density at radius 1 is 1.26 bits per heavy atom.